The summed E-state index contributed by atoms with van der Waals surface area (Å²) in [5.74, 6) is -1.18. The summed E-state index contributed by atoms with van der Waals surface area (Å²) in [7, 11) is -2.72. The van der Waals surface area contributed by atoms with Crippen LogP contribution in [0, 0.1) is 5.82 Å². The third kappa shape index (κ3) is 5.59. The number of benzene rings is 1. The van der Waals surface area contributed by atoms with Crippen molar-refractivity contribution >= 4 is 16.0 Å². The van der Waals surface area contributed by atoms with Gasteiger partial charge in [-0.1, -0.05) is 0 Å². The van der Waals surface area contributed by atoms with E-state index in [-0.39, 0.29) is 29.6 Å². The van der Waals surface area contributed by atoms with Crippen LogP contribution >= 0.6 is 0 Å². The van der Waals surface area contributed by atoms with Gasteiger partial charge in [0, 0.05) is 19.8 Å². The predicted octanol–water partition coefficient (Wildman–Crippen LogP) is 2.22. The summed E-state index contributed by atoms with van der Waals surface area (Å²) in [4.78, 5) is 15.4. The number of aromatic nitrogens is 1. The summed E-state index contributed by atoms with van der Waals surface area (Å²) in [5.41, 5.74) is -0.0547. The van der Waals surface area contributed by atoms with Gasteiger partial charge >= 0.3 is 5.97 Å². The topological polar surface area (TPSA) is 98.9 Å². The first-order chi connectivity index (χ1) is 12.9. The Labute approximate surface area is 156 Å². The van der Waals surface area contributed by atoms with Gasteiger partial charge in [0.2, 0.25) is 15.9 Å². The van der Waals surface area contributed by atoms with Gasteiger partial charge in [-0.25, -0.2) is 22.6 Å². The smallest absolute Gasteiger partial charge is 0.360 e. The molecule has 0 aliphatic heterocycles. The highest BCUT2D eigenvalue weighted by molar-refractivity contribution is 7.89. The molecule has 0 saturated carbocycles. The van der Waals surface area contributed by atoms with Crippen LogP contribution in [0.3, 0.4) is 0 Å². The van der Waals surface area contributed by atoms with E-state index in [1.165, 1.54) is 19.2 Å². The number of carbonyl (C=O) groups is 1. The molecule has 1 aromatic heterocycles. The van der Waals surface area contributed by atoms with Gasteiger partial charge in [0.15, 0.2) is 5.69 Å². The van der Waals surface area contributed by atoms with Crippen molar-refractivity contribution in [1.29, 1.82) is 0 Å². The van der Waals surface area contributed by atoms with Gasteiger partial charge < -0.3 is 13.9 Å². The second-order valence-corrected chi connectivity index (χ2v) is 7.40. The van der Waals surface area contributed by atoms with Gasteiger partial charge in [0.25, 0.3) is 0 Å². The standard InChI is InChI=1S/C17H21FN2O6S/c1-3-25-10-4-9-20(11-16-19-15(12-26-16)17(21)24-2)27(22,23)14-7-5-13(18)6-8-14/h5-8,12H,3-4,9-11H2,1-2H3. The highest BCUT2D eigenvalue weighted by atomic mass is 32.2. The summed E-state index contributed by atoms with van der Waals surface area (Å²) >= 11 is 0. The zero-order valence-electron chi connectivity index (χ0n) is 15.1. The molecule has 0 unspecified atom stereocenters. The summed E-state index contributed by atoms with van der Waals surface area (Å²) in [5, 5.41) is 0. The van der Waals surface area contributed by atoms with E-state index in [4.69, 9.17) is 9.15 Å². The third-order valence-electron chi connectivity index (χ3n) is 3.61. The molecule has 2 rings (SSSR count). The largest absolute Gasteiger partial charge is 0.464 e. The molecular weight excluding hydrogens is 379 g/mol. The molecule has 0 amide bonds. The monoisotopic (exact) mass is 400 g/mol. The molecule has 148 valence electrons. The normalized spacial score (nSPS) is 11.7. The lowest BCUT2D eigenvalue weighted by Crippen LogP contribution is -2.32. The number of oxazole rings is 1. The number of hydrogen-bond donors (Lipinski definition) is 0. The van der Waals surface area contributed by atoms with Crippen molar-refractivity contribution in [2.45, 2.75) is 24.8 Å². The SMILES string of the molecule is CCOCCCN(Cc1nc(C(=O)OC)co1)S(=O)(=O)c1ccc(F)cc1. The summed E-state index contributed by atoms with van der Waals surface area (Å²) in [6.07, 6.45) is 1.54. The highest BCUT2D eigenvalue weighted by Crippen LogP contribution is 2.19. The lowest BCUT2D eigenvalue weighted by Gasteiger charge is -2.20. The first kappa shape index (κ1) is 21.0. The van der Waals surface area contributed by atoms with Crippen LogP contribution in [0.4, 0.5) is 4.39 Å². The van der Waals surface area contributed by atoms with Crippen molar-refractivity contribution < 1.29 is 31.5 Å². The Morgan fingerprint density at radius 3 is 2.63 bits per heavy atom. The molecule has 1 heterocycles. The molecule has 0 atom stereocenters. The molecule has 2 aromatic rings. The van der Waals surface area contributed by atoms with Gasteiger partial charge in [-0.3, -0.25) is 0 Å². The van der Waals surface area contributed by atoms with Gasteiger partial charge in [-0.15, -0.1) is 0 Å². The number of hydrogen-bond acceptors (Lipinski definition) is 7. The second-order valence-electron chi connectivity index (χ2n) is 5.46. The molecule has 0 radical (unpaired) electrons. The van der Waals surface area contributed by atoms with Crippen LogP contribution < -0.4 is 0 Å². The minimum Gasteiger partial charge on any atom is -0.464 e. The third-order valence-corrected chi connectivity index (χ3v) is 5.47. The number of ether oxygens (including phenoxy) is 2. The van der Waals surface area contributed by atoms with Crippen molar-refractivity contribution in [2.75, 3.05) is 26.9 Å². The Kier molecular flexibility index (Phi) is 7.45. The first-order valence-corrected chi connectivity index (χ1v) is 9.68. The van der Waals surface area contributed by atoms with Gasteiger partial charge in [0.05, 0.1) is 18.6 Å². The van der Waals surface area contributed by atoms with Crippen LogP contribution in [0.1, 0.15) is 29.7 Å². The molecule has 0 spiro atoms. The van der Waals surface area contributed by atoms with E-state index in [0.29, 0.717) is 19.6 Å². The number of esters is 1. The highest BCUT2D eigenvalue weighted by Gasteiger charge is 2.26. The lowest BCUT2D eigenvalue weighted by molar-refractivity contribution is 0.0594. The van der Waals surface area contributed by atoms with Crippen molar-refractivity contribution in [1.82, 2.24) is 9.29 Å². The van der Waals surface area contributed by atoms with E-state index in [2.05, 4.69) is 9.72 Å². The Morgan fingerprint density at radius 1 is 1.30 bits per heavy atom. The molecule has 8 nitrogen and oxygen atoms in total. The molecule has 1 aromatic carbocycles. The number of methoxy groups -OCH3 is 1. The van der Waals surface area contributed by atoms with Crippen LogP contribution in [0.5, 0.6) is 0 Å². The Morgan fingerprint density at radius 2 is 2.00 bits per heavy atom. The number of nitrogens with zero attached hydrogens (tertiary/aromatic N) is 2. The molecular formula is C17H21FN2O6S. The van der Waals surface area contributed by atoms with Crippen molar-refractivity contribution in [2.24, 2.45) is 0 Å². The number of sulfonamides is 1. The molecule has 0 fully saturated rings. The fraction of sp³-hybridized carbons (Fsp3) is 0.412. The lowest BCUT2D eigenvalue weighted by atomic mass is 10.4. The van der Waals surface area contributed by atoms with Crippen LogP contribution in [-0.4, -0.2) is 50.5 Å². The molecule has 0 bridgehead atoms. The Balaban J connectivity index is 2.23. The van der Waals surface area contributed by atoms with Gasteiger partial charge in [-0.2, -0.15) is 4.31 Å². The maximum atomic E-state index is 13.1. The zero-order chi connectivity index (χ0) is 19.9. The fourth-order valence-electron chi connectivity index (χ4n) is 2.26. The second kappa shape index (κ2) is 9.58. The maximum absolute atomic E-state index is 13.1. The van der Waals surface area contributed by atoms with Crippen LogP contribution in [-0.2, 0) is 26.0 Å². The van der Waals surface area contributed by atoms with Crippen molar-refractivity contribution in [3.05, 3.63) is 47.9 Å². The summed E-state index contributed by atoms with van der Waals surface area (Å²) in [6, 6.07) is 4.53. The molecule has 27 heavy (non-hydrogen) atoms. The van der Waals surface area contributed by atoms with Crippen LogP contribution in [0.15, 0.2) is 39.8 Å². The van der Waals surface area contributed by atoms with Gasteiger partial charge in [-0.05, 0) is 37.6 Å². The molecule has 0 N–H and O–H groups in total. The van der Waals surface area contributed by atoms with E-state index in [1.807, 2.05) is 6.92 Å². The molecule has 0 aliphatic carbocycles. The summed E-state index contributed by atoms with van der Waals surface area (Å²) in [6.45, 7) is 2.69. The van der Waals surface area contributed by atoms with E-state index in [9.17, 15) is 17.6 Å². The zero-order valence-corrected chi connectivity index (χ0v) is 15.9. The average Bonchev–Trinajstić information content (AvgIpc) is 3.12. The van der Waals surface area contributed by atoms with E-state index in [1.54, 1.807) is 0 Å². The number of halogens is 1. The Hall–Kier alpha value is -2.30. The van der Waals surface area contributed by atoms with E-state index >= 15 is 0 Å². The number of carbonyl (C=O) groups excluding carboxylic acids is 1. The van der Waals surface area contributed by atoms with Crippen molar-refractivity contribution in [3.63, 3.8) is 0 Å². The number of rotatable bonds is 10. The molecule has 0 aliphatic rings. The van der Waals surface area contributed by atoms with Crippen LogP contribution in [0.2, 0.25) is 0 Å². The quantitative estimate of drug-likeness (QED) is 0.445. The van der Waals surface area contributed by atoms with Gasteiger partial charge in [0.1, 0.15) is 12.1 Å². The molecule has 10 heteroatoms. The molecule has 0 saturated heterocycles. The minimum atomic E-state index is -3.92. The van der Waals surface area contributed by atoms with E-state index < -0.39 is 21.8 Å². The summed E-state index contributed by atoms with van der Waals surface area (Å²) < 4.78 is 55.1. The van der Waals surface area contributed by atoms with Crippen LogP contribution in [0.25, 0.3) is 0 Å². The fourth-order valence-corrected chi connectivity index (χ4v) is 3.69. The predicted molar refractivity (Wildman–Crippen MR) is 92.9 cm³/mol. The Bertz CT molecular complexity index is 851. The minimum absolute atomic E-state index is 0.0393. The van der Waals surface area contributed by atoms with E-state index in [0.717, 1.165) is 22.7 Å². The van der Waals surface area contributed by atoms with Crippen molar-refractivity contribution in [3.8, 4) is 0 Å². The first-order valence-electron chi connectivity index (χ1n) is 8.24. The average molecular weight is 400 g/mol. The maximum Gasteiger partial charge on any atom is 0.360 e.